The number of aryl methyl sites for hydroxylation is 2. The van der Waals surface area contributed by atoms with Crippen molar-refractivity contribution in [3.05, 3.63) is 59.2 Å². The summed E-state index contributed by atoms with van der Waals surface area (Å²) in [6, 6.07) is 12.6. The van der Waals surface area contributed by atoms with Crippen LogP contribution in [0.4, 0.5) is 0 Å². The molecule has 2 aromatic carbocycles. The predicted octanol–water partition coefficient (Wildman–Crippen LogP) is 2.67. The number of hydrogen-bond acceptors (Lipinski definition) is 6. The standard InChI is InChI=1S/C24H30N2O6S/c1-18-8-9-19(2)22(16-18)33(29,30)26-14-12-25(13-15-26)23(27)10-11-24(28)32-17-20-6-4-5-7-21(20)31-3/h4-9,16H,10-15,17H2,1-3H3. The van der Waals surface area contributed by atoms with Gasteiger partial charge < -0.3 is 14.4 Å². The number of para-hydroxylation sites is 1. The molecule has 1 aliphatic heterocycles. The van der Waals surface area contributed by atoms with Crippen LogP contribution in [-0.2, 0) is 31.0 Å². The highest BCUT2D eigenvalue weighted by molar-refractivity contribution is 7.89. The molecule has 0 aliphatic carbocycles. The monoisotopic (exact) mass is 474 g/mol. The predicted molar refractivity (Wildman–Crippen MR) is 123 cm³/mol. The normalized spacial score (nSPS) is 14.7. The van der Waals surface area contributed by atoms with E-state index < -0.39 is 16.0 Å². The van der Waals surface area contributed by atoms with E-state index in [0.717, 1.165) is 11.1 Å². The van der Waals surface area contributed by atoms with Crippen LogP contribution < -0.4 is 4.74 Å². The Morgan fingerprint density at radius 3 is 2.36 bits per heavy atom. The molecule has 1 amide bonds. The van der Waals surface area contributed by atoms with Crippen LogP contribution in [0.25, 0.3) is 0 Å². The third kappa shape index (κ3) is 6.11. The fourth-order valence-corrected chi connectivity index (χ4v) is 5.45. The van der Waals surface area contributed by atoms with E-state index in [1.807, 2.05) is 31.2 Å². The summed E-state index contributed by atoms with van der Waals surface area (Å²) < 4.78 is 38.0. The van der Waals surface area contributed by atoms with Crippen molar-refractivity contribution < 1.29 is 27.5 Å². The fraction of sp³-hybridized carbons (Fsp3) is 0.417. The number of piperazine rings is 1. The Labute approximate surface area is 195 Å². The first-order chi connectivity index (χ1) is 15.7. The zero-order chi connectivity index (χ0) is 24.0. The van der Waals surface area contributed by atoms with Crippen molar-refractivity contribution in [3.8, 4) is 5.75 Å². The molecule has 0 N–H and O–H groups in total. The van der Waals surface area contributed by atoms with Gasteiger partial charge in [0.1, 0.15) is 12.4 Å². The average Bonchev–Trinajstić information content (AvgIpc) is 2.82. The maximum absolute atomic E-state index is 13.0. The molecule has 178 valence electrons. The quantitative estimate of drug-likeness (QED) is 0.546. The number of sulfonamides is 1. The average molecular weight is 475 g/mol. The van der Waals surface area contributed by atoms with Crippen molar-refractivity contribution in [1.29, 1.82) is 0 Å². The van der Waals surface area contributed by atoms with E-state index in [-0.39, 0.29) is 38.4 Å². The highest BCUT2D eigenvalue weighted by atomic mass is 32.2. The molecule has 0 radical (unpaired) electrons. The van der Waals surface area contributed by atoms with E-state index in [1.54, 1.807) is 37.1 Å². The van der Waals surface area contributed by atoms with E-state index in [0.29, 0.717) is 29.3 Å². The van der Waals surface area contributed by atoms with E-state index in [2.05, 4.69) is 0 Å². The number of methoxy groups -OCH3 is 1. The molecule has 0 saturated carbocycles. The molecule has 33 heavy (non-hydrogen) atoms. The first kappa shape index (κ1) is 24.7. The molecular weight excluding hydrogens is 444 g/mol. The van der Waals surface area contributed by atoms with Crippen LogP contribution in [0.3, 0.4) is 0 Å². The molecule has 1 heterocycles. The van der Waals surface area contributed by atoms with Gasteiger partial charge in [-0.2, -0.15) is 4.31 Å². The molecule has 0 bridgehead atoms. The SMILES string of the molecule is COc1ccccc1COC(=O)CCC(=O)N1CCN(S(=O)(=O)c2cc(C)ccc2C)CC1. The number of ether oxygens (including phenoxy) is 2. The molecule has 0 unspecified atom stereocenters. The Morgan fingerprint density at radius 2 is 1.67 bits per heavy atom. The Kier molecular flexibility index (Phi) is 8.10. The molecule has 0 atom stereocenters. The van der Waals surface area contributed by atoms with Gasteiger partial charge >= 0.3 is 5.97 Å². The second-order valence-electron chi connectivity index (χ2n) is 8.03. The molecule has 9 heteroatoms. The Balaban J connectivity index is 1.47. The zero-order valence-corrected chi connectivity index (χ0v) is 20.1. The summed E-state index contributed by atoms with van der Waals surface area (Å²) in [7, 11) is -2.07. The summed E-state index contributed by atoms with van der Waals surface area (Å²) in [6.45, 7) is 4.74. The number of amides is 1. The van der Waals surface area contributed by atoms with E-state index in [4.69, 9.17) is 9.47 Å². The minimum atomic E-state index is -3.62. The van der Waals surface area contributed by atoms with Crippen molar-refractivity contribution in [3.63, 3.8) is 0 Å². The molecule has 3 rings (SSSR count). The van der Waals surface area contributed by atoms with Gasteiger partial charge in [-0.25, -0.2) is 8.42 Å². The smallest absolute Gasteiger partial charge is 0.306 e. The molecular formula is C24H30N2O6S. The lowest BCUT2D eigenvalue weighted by molar-refractivity contribution is -0.147. The van der Waals surface area contributed by atoms with Crippen molar-refractivity contribution in [2.75, 3.05) is 33.3 Å². The minimum Gasteiger partial charge on any atom is -0.496 e. The number of esters is 1. The van der Waals surface area contributed by atoms with E-state index in [9.17, 15) is 18.0 Å². The molecule has 1 aliphatic rings. The van der Waals surface area contributed by atoms with Gasteiger partial charge in [0.15, 0.2) is 0 Å². The second kappa shape index (κ2) is 10.8. The van der Waals surface area contributed by atoms with Crippen molar-refractivity contribution >= 4 is 21.9 Å². The highest BCUT2D eigenvalue weighted by Crippen LogP contribution is 2.23. The van der Waals surface area contributed by atoms with Crippen molar-refractivity contribution in [1.82, 2.24) is 9.21 Å². The number of carbonyl (C=O) groups excluding carboxylic acids is 2. The second-order valence-corrected chi connectivity index (χ2v) is 9.93. The molecule has 1 fully saturated rings. The molecule has 0 aromatic heterocycles. The summed E-state index contributed by atoms with van der Waals surface area (Å²) in [5, 5.41) is 0. The third-order valence-corrected chi connectivity index (χ3v) is 7.72. The van der Waals surface area contributed by atoms with Crippen LogP contribution in [0, 0.1) is 13.8 Å². The van der Waals surface area contributed by atoms with Gasteiger partial charge in [-0.1, -0.05) is 30.3 Å². The van der Waals surface area contributed by atoms with Crippen molar-refractivity contribution in [2.24, 2.45) is 0 Å². The Bertz CT molecular complexity index is 1110. The molecule has 8 nitrogen and oxygen atoms in total. The largest absolute Gasteiger partial charge is 0.496 e. The lowest BCUT2D eigenvalue weighted by atomic mass is 10.2. The minimum absolute atomic E-state index is 0.0223. The lowest BCUT2D eigenvalue weighted by Crippen LogP contribution is -2.50. The zero-order valence-electron chi connectivity index (χ0n) is 19.2. The van der Waals surface area contributed by atoms with Gasteiger partial charge in [-0.3, -0.25) is 9.59 Å². The van der Waals surface area contributed by atoms with Crippen molar-refractivity contribution in [2.45, 2.75) is 38.2 Å². The number of benzene rings is 2. The summed E-state index contributed by atoms with van der Waals surface area (Å²) in [5.41, 5.74) is 2.33. The van der Waals surface area contributed by atoms with Crippen LogP contribution in [0.15, 0.2) is 47.4 Å². The number of carbonyl (C=O) groups is 2. The summed E-state index contributed by atoms with van der Waals surface area (Å²) in [6.07, 6.45) is -0.0104. The maximum atomic E-state index is 13.0. The number of hydrogen-bond donors (Lipinski definition) is 0. The first-order valence-electron chi connectivity index (χ1n) is 10.8. The highest BCUT2D eigenvalue weighted by Gasteiger charge is 2.31. The number of rotatable bonds is 8. The Morgan fingerprint density at radius 1 is 0.970 bits per heavy atom. The summed E-state index contributed by atoms with van der Waals surface area (Å²) in [5.74, 6) is -0.0199. The van der Waals surface area contributed by atoms with Crippen LogP contribution >= 0.6 is 0 Å². The molecule has 0 spiro atoms. The van der Waals surface area contributed by atoms with Gasteiger partial charge in [0, 0.05) is 38.2 Å². The van der Waals surface area contributed by atoms with Gasteiger partial charge in [-0.15, -0.1) is 0 Å². The fourth-order valence-electron chi connectivity index (χ4n) is 3.72. The number of nitrogens with zero attached hydrogens (tertiary/aromatic N) is 2. The van der Waals surface area contributed by atoms with Gasteiger partial charge in [0.05, 0.1) is 18.4 Å². The van der Waals surface area contributed by atoms with Gasteiger partial charge in [0.2, 0.25) is 15.9 Å². The molecule has 2 aromatic rings. The maximum Gasteiger partial charge on any atom is 0.306 e. The van der Waals surface area contributed by atoms with Crippen LogP contribution in [-0.4, -0.2) is 62.8 Å². The summed E-state index contributed by atoms with van der Waals surface area (Å²) in [4.78, 5) is 26.5. The third-order valence-electron chi connectivity index (χ3n) is 5.68. The van der Waals surface area contributed by atoms with Crippen LogP contribution in [0.2, 0.25) is 0 Å². The first-order valence-corrected chi connectivity index (χ1v) is 12.3. The Hall–Kier alpha value is -2.91. The summed E-state index contributed by atoms with van der Waals surface area (Å²) >= 11 is 0. The van der Waals surface area contributed by atoms with Crippen LogP contribution in [0.1, 0.15) is 29.5 Å². The molecule has 1 saturated heterocycles. The topological polar surface area (TPSA) is 93.2 Å². The van der Waals surface area contributed by atoms with Gasteiger partial charge in [-0.05, 0) is 37.1 Å². The van der Waals surface area contributed by atoms with E-state index >= 15 is 0 Å². The lowest BCUT2D eigenvalue weighted by Gasteiger charge is -2.34. The van der Waals surface area contributed by atoms with Crippen LogP contribution in [0.5, 0.6) is 5.75 Å². The van der Waals surface area contributed by atoms with E-state index in [1.165, 1.54) is 4.31 Å². The van der Waals surface area contributed by atoms with Gasteiger partial charge in [0.25, 0.3) is 0 Å².